The molecule has 0 N–H and O–H groups in total. The molecule has 2 aromatic carbocycles. The zero-order valence-electron chi connectivity index (χ0n) is 15.7. The normalized spacial score (nSPS) is 12.8. The lowest BCUT2D eigenvalue weighted by atomic mass is 9.95. The quantitative estimate of drug-likeness (QED) is 0.469. The molecule has 0 aliphatic carbocycles. The lowest BCUT2D eigenvalue weighted by Crippen LogP contribution is -2.43. The topological polar surface area (TPSA) is 54.0 Å². The van der Waals surface area contributed by atoms with Gasteiger partial charge in [0.2, 0.25) is 0 Å². The number of methoxy groups -OCH3 is 1. The van der Waals surface area contributed by atoms with Gasteiger partial charge in [-0.3, -0.25) is 4.79 Å². The van der Waals surface area contributed by atoms with E-state index in [-0.39, 0.29) is 5.78 Å². The van der Waals surface area contributed by atoms with E-state index in [1.54, 1.807) is 28.4 Å². The summed E-state index contributed by atoms with van der Waals surface area (Å²) in [5, 5.41) is 0. The molecule has 2 rings (SSSR count). The van der Waals surface area contributed by atoms with E-state index < -0.39 is 14.9 Å². The van der Waals surface area contributed by atoms with Crippen molar-refractivity contribution in [1.29, 1.82) is 0 Å². The summed E-state index contributed by atoms with van der Waals surface area (Å²) in [5.74, 6) is -0.0613. The standard InChI is InChI=1S/C20H26O5Si/c1-22-20(17-11-6-5-7-12-17)19(21)18-13-9-8-10-16(18)14-15-26(23-2,24-3)25-4/h5-13,20H,14-15H2,1-4H3. The summed E-state index contributed by atoms with van der Waals surface area (Å²) in [7, 11) is 3.62. The van der Waals surface area contributed by atoms with E-state index in [0.717, 1.165) is 11.1 Å². The van der Waals surface area contributed by atoms with Gasteiger partial charge in [0.1, 0.15) is 6.10 Å². The molecule has 0 aliphatic heterocycles. The second-order valence-corrected chi connectivity index (χ2v) is 8.93. The van der Waals surface area contributed by atoms with Crippen molar-refractivity contribution in [2.45, 2.75) is 18.6 Å². The Bertz CT molecular complexity index is 692. The zero-order valence-corrected chi connectivity index (χ0v) is 16.7. The summed E-state index contributed by atoms with van der Waals surface area (Å²) in [6.07, 6.45) is -0.0128. The van der Waals surface area contributed by atoms with Crippen molar-refractivity contribution in [3.63, 3.8) is 0 Å². The Morgan fingerprint density at radius 2 is 1.46 bits per heavy atom. The Morgan fingerprint density at radius 3 is 2.04 bits per heavy atom. The van der Waals surface area contributed by atoms with Gasteiger partial charge in [-0.1, -0.05) is 54.6 Å². The summed E-state index contributed by atoms with van der Waals surface area (Å²) in [4.78, 5) is 13.1. The van der Waals surface area contributed by atoms with Crippen LogP contribution >= 0.6 is 0 Å². The molecule has 0 saturated carbocycles. The Labute approximate surface area is 156 Å². The van der Waals surface area contributed by atoms with Gasteiger partial charge in [-0.25, -0.2) is 0 Å². The summed E-state index contributed by atoms with van der Waals surface area (Å²) >= 11 is 0. The molecular formula is C20H26O5Si. The molecule has 0 aromatic heterocycles. The number of aryl methyl sites for hydroxylation is 1. The van der Waals surface area contributed by atoms with E-state index in [2.05, 4.69) is 0 Å². The number of ketones is 1. The van der Waals surface area contributed by atoms with E-state index in [1.807, 2.05) is 54.6 Å². The fourth-order valence-electron chi connectivity index (χ4n) is 2.99. The first-order valence-corrected chi connectivity index (χ1v) is 10.4. The average Bonchev–Trinajstić information content (AvgIpc) is 2.71. The monoisotopic (exact) mass is 374 g/mol. The van der Waals surface area contributed by atoms with Crippen LogP contribution in [-0.4, -0.2) is 43.0 Å². The fourth-order valence-corrected chi connectivity index (χ4v) is 4.67. The van der Waals surface area contributed by atoms with Gasteiger partial charge in [-0.2, -0.15) is 0 Å². The number of carbonyl (C=O) groups excluding carboxylic acids is 1. The molecule has 0 aliphatic rings. The van der Waals surface area contributed by atoms with Crippen LogP contribution in [0.15, 0.2) is 54.6 Å². The van der Waals surface area contributed by atoms with E-state index in [0.29, 0.717) is 18.0 Å². The van der Waals surface area contributed by atoms with Crippen LogP contribution < -0.4 is 0 Å². The van der Waals surface area contributed by atoms with Crippen LogP contribution in [0.2, 0.25) is 6.04 Å². The maximum absolute atomic E-state index is 13.1. The summed E-state index contributed by atoms with van der Waals surface area (Å²) in [6, 6.07) is 17.7. The summed E-state index contributed by atoms with van der Waals surface area (Å²) in [5.41, 5.74) is 2.41. The van der Waals surface area contributed by atoms with Gasteiger partial charge in [0.05, 0.1) is 0 Å². The number of ether oxygens (including phenoxy) is 1. The highest BCUT2D eigenvalue weighted by molar-refractivity contribution is 6.60. The molecule has 1 atom stereocenters. The minimum Gasteiger partial charge on any atom is -0.377 e. The van der Waals surface area contributed by atoms with E-state index in [9.17, 15) is 4.79 Å². The van der Waals surface area contributed by atoms with Gasteiger partial charge in [0, 0.05) is 40.0 Å². The van der Waals surface area contributed by atoms with Crippen LogP contribution in [0.3, 0.4) is 0 Å². The molecule has 0 saturated heterocycles. The highest BCUT2D eigenvalue weighted by Gasteiger charge is 2.37. The number of hydrogen-bond acceptors (Lipinski definition) is 5. The number of carbonyl (C=O) groups is 1. The summed E-state index contributed by atoms with van der Waals surface area (Å²) in [6.45, 7) is 0. The van der Waals surface area contributed by atoms with Gasteiger partial charge >= 0.3 is 8.80 Å². The van der Waals surface area contributed by atoms with Crippen molar-refractivity contribution in [1.82, 2.24) is 0 Å². The summed E-state index contributed by atoms with van der Waals surface area (Å²) < 4.78 is 21.9. The first kappa shape index (κ1) is 20.5. The molecule has 0 fully saturated rings. The van der Waals surface area contributed by atoms with Crippen molar-refractivity contribution in [3.05, 3.63) is 71.3 Å². The first-order chi connectivity index (χ1) is 12.6. The van der Waals surface area contributed by atoms with E-state index in [4.69, 9.17) is 18.0 Å². The van der Waals surface area contributed by atoms with E-state index >= 15 is 0 Å². The Kier molecular flexibility index (Phi) is 7.68. The molecule has 0 amide bonds. The predicted molar refractivity (Wildman–Crippen MR) is 102 cm³/mol. The van der Waals surface area contributed by atoms with Crippen LogP contribution in [0.1, 0.15) is 27.6 Å². The van der Waals surface area contributed by atoms with Gasteiger partial charge in [-0.15, -0.1) is 0 Å². The number of Topliss-reactive ketones (excluding diaryl/α,β-unsaturated/α-hetero) is 1. The molecule has 140 valence electrons. The molecule has 1 unspecified atom stereocenters. The van der Waals surface area contributed by atoms with Crippen LogP contribution in [0.5, 0.6) is 0 Å². The molecule has 2 aromatic rings. The van der Waals surface area contributed by atoms with Crippen LogP contribution in [-0.2, 0) is 24.4 Å². The maximum Gasteiger partial charge on any atom is 0.500 e. The minimum absolute atomic E-state index is 0.0613. The minimum atomic E-state index is -2.70. The van der Waals surface area contributed by atoms with Crippen molar-refractivity contribution >= 4 is 14.6 Å². The van der Waals surface area contributed by atoms with Crippen LogP contribution in [0, 0.1) is 0 Å². The van der Waals surface area contributed by atoms with Crippen molar-refractivity contribution in [2.75, 3.05) is 28.4 Å². The third kappa shape index (κ3) is 4.66. The SMILES string of the molecule is COC(C(=O)c1ccccc1CC[Si](OC)(OC)OC)c1ccccc1. The lowest BCUT2D eigenvalue weighted by Gasteiger charge is -2.25. The maximum atomic E-state index is 13.1. The third-order valence-electron chi connectivity index (χ3n) is 4.49. The largest absolute Gasteiger partial charge is 0.500 e. The molecule has 26 heavy (non-hydrogen) atoms. The highest BCUT2D eigenvalue weighted by Crippen LogP contribution is 2.25. The zero-order chi connectivity index (χ0) is 19.0. The second-order valence-electron chi connectivity index (χ2n) is 5.84. The van der Waals surface area contributed by atoms with Crippen molar-refractivity contribution in [3.8, 4) is 0 Å². The van der Waals surface area contributed by atoms with E-state index in [1.165, 1.54) is 0 Å². The first-order valence-electron chi connectivity index (χ1n) is 8.46. The molecule has 5 nitrogen and oxygen atoms in total. The number of hydrogen-bond donors (Lipinski definition) is 0. The second kappa shape index (κ2) is 9.75. The Balaban J connectivity index is 2.26. The smallest absolute Gasteiger partial charge is 0.377 e. The van der Waals surface area contributed by atoms with Crippen molar-refractivity contribution in [2.24, 2.45) is 0 Å². The van der Waals surface area contributed by atoms with Crippen molar-refractivity contribution < 1.29 is 22.8 Å². The van der Waals surface area contributed by atoms with Crippen LogP contribution in [0.25, 0.3) is 0 Å². The van der Waals surface area contributed by atoms with Crippen LogP contribution in [0.4, 0.5) is 0 Å². The molecule has 0 radical (unpaired) electrons. The van der Waals surface area contributed by atoms with Gasteiger partial charge in [-0.05, 0) is 17.5 Å². The van der Waals surface area contributed by atoms with Gasteiger partial charge < -0.3 is 18.0 Å². The highest BCUT2D eigenvalue weighted by atomic mass is 28.4. The Morgan fingerprint density at radius 1 is 0.885 bits per heavy atom. The predicted octanol–water partition coefficient (Wildman–Crippen LogP) is 3.68. The fraction of sp³-hybridized carbons (Fsp3) is 0.350. The van der Waals surface area contributed by atoms with Gasteiger partial charge in [0.25, 0.3) is 0 Å². The molecule has 0 spiro atoms. The lowest BCUT2D eigenvalue weighted by molar-refractivity contribution is 0.0603. The number of rotatable bonds is 10. The molecular weight excluding hydrogens is 348 g/mol. The number of benzene rings is 2. The molecule has 0 heterocycles. The Hall–Kier alpha value is -1.83. The molecule has 0 bridgehead atoms. The third-order valence-corrected chi connectivity index (χ3v) is 7.22. The average molecular weight is 375 g/mol. The van der Waals surface area contributed by atoms with Gasteiger partial charge in [0.15, 0.2) is 5.78 Å². The molecule has 6 heteroatoms.